The summed E-state index contributed by atoms with van der Waals surface area (Å²) >= 11 is 3.31. The van der Waals surface area contributed by atoms with Gasteiger partial charge in [-0.1, -0.05) is 15.9 Å². The van der Waals surface area contributed by atoms with Gasteiger partial charge in [-0.15, -0.1) is 0 Å². The number of hydrogen-bond acceptors (Lipinski definition) is 3. The van der Waals surface area contributed by atoms with E-state index in [0.717, 1.165) is 4.47 Å². The van der Waals surface area contributed by atoms with Crippen LogP contribution in [-0.2, 0) is 16.0 Å². The molecular formula is C12H14BrNO4. The minimum Gasteiger partial charge on any atom is -0.496 e. The maximum Gasteiger partial charge on any atom is 0.325 e. The first-order chi connectivity index (χ1) is 8.43. The smallest absolute Gasteiger partial charge is 0.325 e. The number of aliphatic carboxylic acids is 1. The molecule has 1 aromatic carbocycles. The third-order valence-corrected chi connectivity index (χ3v) is 2.83. The van der Waals surface area contributed by atoms with E-state index < -0.39 is 12.0 Å². The molecule has 0 fully saturated rings. The highest BCUT2D eigenvalue weighted by atomic mass is 79.9. The topological polar surface area (TPSA) is 75.6 Å². The molecule has 5 nitrogen and oxygen atoms in total. The van der Waals surface area contributed by atoms with E-state index in [0.29, 0.717) is 11.3 Å². The van der Waals surface area contributed by atoms with Crippen molar-refractivity contribution in [1.82, 2.24) is 5.32 Å². The van der Waals surface area contributed by atoms with Gasteiger partial charge in [-0.25, -0.2) is 0 Å². The normalized spacial score (nSPS) is 11.7. The number of ether oxygens (including phenoxy) is 1. The highest BCUT2D eigenvalue weighted by Crippen LogP contribution is 2.23. The average molecular weight is 316 g/mol. The number of carboxylic acid groups (broad SMARTS) is 1. The van der Waals surface area contributed by atoms with Crippen molar-refractivity contribution in [3.05, 3.63) is 28.2 Å². The Morgan fingerprint density at radius 2 is 2.17 bits per heavy atom. The van der Waals surface area contributed by atoms with Crippen LogP contribution in [0.1, 0.15) is 12.5 Å². The summed E-state index contributed by atoms with van der Waals surface area (Å²) in [5.41, 5.74) is 0.696. The molecule has 1 rings (SSSR count). The SMILES string of the molecule is COc1ccc(Br)cc1CC(=O)N[C@H](C)C(=O)O. The fourth-order valence-corrected chi connectivity index (χ4v) is 1.82. The fraction of sp³-hybridized carbons (Fsp3) is 0.333. The molecule has 0 heterocycles. The Balaban J connectivity index is 2.75. The lowest BCUT2D eigenvalue weighted by molar-refractivity contribution is -0.141. The van der Waals surface area contributed by atoms with E-state index in [1.807, 2.05) is 0 Å². The van der Waals surface area contributed by atoms with Crippen molar-refractivity contribution in [3.8, 4) is 5.75 Å². The molecule has 0 radical (unpaired) electrons. The van der Waals surface area contributed by atoms with Gasteiger partial charge in [0.25, 0.3) is 0 Å². The monoisotopic (exact) mass is 315 g/mol. The predicted molar refractivity (Wildman–Crippen MR) is 69.6 cm³/mol. The van der Waals surface area contributed by atoms with Crippen molar-refractivity contribution in [3.63, 3.8) is 0 Å². The van der Waals surface area contributed by atoms with E-state index >= 15 is 0 Å². The number of nitrogens with one attached hydrogen (secondary N) is 1. The fourth-order valence-electron chi connectivity index (χ4n) is 1.41. The second-order valence-electron chi connectivity index (χ2n) is 3.76. The first-order valence-electron chi connectivity index (χ1n) is 5.28. The third kappa shape index (κ3) is 4.03. The van der Waals surface area contributed by atoms with Crippen LogP contribution in [0.5, 0.6) is 5.75 Å². The van der Waals surface area contributed by atoms with Crippen LogP contribution >= 0.6 is 15.9 Å². The van der Waals surface area contributed by atoms with Crippen LogP contribution in [0.15, 0.2) is 22.7 Å². The highest BCUT2D eigenvalue weighted by Gasteiger charge is 2.15. The zero-order valence-corrected chi connectivity index (χ0v) is 11.7. The molecule has 1 amide bonds. The van der Waals surface area contributed by atoms with Gasteiger partial charge in [0, 0.05) is 10.0 Å². The molecular weight excluding hydrogens is 302 g/mol. The zero-order valence-electron chi connectivity index (χ0n) is 10.1. The van der Waals surface area contributed by atoms with Gasteiger partial charge < -0.3 is 15.2 Å². The molecule has 0 saturated heterocycles. The summed E-state index contributed by atoms with van der Waals surface area (Å²) in [4.78, 5) is 22.3. The summed E-state index contributed by atoms with van der Waals surface area (Å²) < 4.78 is 5.97. The van der Waals surface area contributed by atoms with E-state index in [9.17, 15) is 9.59 Å². The van der Waals surface area contributed by atoms with E-state index in [1.165, 1.54) is 14.0 Å². The maximum absolute atomic E-state index is 11.7. The van der Waals surface area contributed by atoms with Gasteiger partial charge in [-0.05, 0) is 25.1 Å². The second-order valence-corrected chi connectivity index (χ2v) is 4.68. The molecule has 0 aliphatic rings. The number of hydrogen-bond donors (Lipinski definition) is 2. The Morgan fingerprint density at radius 1 is 1.50 bits per heavy atom. The van der Waals surface area contributed by atoms with E-state index in [2.05, 4.69) is 21.2 Å². The van der Waals surface area contributed by atoms with Crippen LogP contribution in [0.4, 0.5) is 0 Å². The van der Waals surface area contributed by atoms with Crippen molar-refractivity contribution < 1.29 is 19.4 Å². The number of carbonyl (C=O) groups is 2. The van der Waals surface area contributed by atoms with Gasteiger partial charge in [0.15, 0.2) is 0 Å². The van der Waals surface area contributed by atoms with Crippen LogP contribution in [-0.4, -0.2) is 30.1 Å². The molecule has 0 aliphatic heterocycles. The molecule has 0 bridgehead atoms. The summed E-state index contributed by atoms with van der Waals surface area (Å²) in [6.07, 6.45) is 0.0697. The maximum atomic E-state index is 11.7. The van der Waals surface area contributed by atoms with Crippen molar-refractivity contribution in [2.75, 3.05) is 7.11 Å². The summed E-state index contributed by atoms with van der Waals surface area (Å²) in [5, 5.41) is 11.1. The predicted octanol–water partition coefficient (Wildman–Crippen LogP) is 1.59. The molecule has 0 saturated carbocycles. The Morgan fingerprint density at radius 3 is 2.72 bits per heavy atom. The van der Waals surface area contributed by atoms with E-state index in [4.69, 9.17) is 9.84 Å². The Bertz CT molecular complexity index is 461. The summed E-state index contributed by atoms with van der Waals surface area (Å²) in [7, 11) is 1.52. The Labute approximate surface area is 113 Å². The van der Waals surface area contributed by atoms with Gasteiger partial charge in [0.1, 0.15) is 11.8 Å². The molecule has 2 N–H and O–H groups in total. The molecule has 1 atom stereocenters. The largest absolute Gasteiger partial charge is 0.496 e. The third-order valence-electron chi connectivity index (χ3n) is 2.34. The summed E-state index contributed by atoms with van der Waals surface area (Å²) in [6, 6.07) is 4.41. The lowest BCUT2D eigenvalue weighted by Gasteiger charge is -2.11. The van der Waals surface area contributed by atoms with Crippen molar-refractivity contribution in [2.24, 2.45) is 0 Å². The molecule has 0 unspecified atom stereocenters. The second kappa shape index (κ2) is 6.39. The lowest BCUT2D eigenvalue weighted by Crippen LogP contribution is -2.39. The molecule has 18 heavy (non-hydrogen) atoms. The van der Waals surface area contributed by atoms with Gasteiger partial charge >= 0.3 is 5.97 Å². The quantitative estimate of drug-likeness (QED) is 0.865. The zero-order chi connectivity index (χ0) is 13.7. The van der Waals surface area contributed by atoms with E-state index in [-0.39, 0.29) is 12.3 Å². The number of carbonyl (C=O) groups excluding carboxylic acids is 1. The number of carboxylic acids is 1. The van der Waals surface area contributed by atoms with Crippen LogP contribution in [0.3, 0.4) is 0 Å². The molecule has 0 aromatic heterocycles. The molecule has 1 aromatic rings. The van der Waals surface area contributed by atoms with Crippen molar-refractivity contribution in [1.29, 1.82) is 0 Å². The van der Waals surface area contributed by atoms with Crippen LogP contribution in [0.2, 0.25) is 0 Å². The Hall–Kier alpha value is -1.56. The molecule has 0 aliphatic carbocycles. The van der Waals surface area contributed by atoms with Gasteiger partial charge in [0.05, 0.1) is 13.5 Å². The summed E-state index contributed by atoms with van der Waals surface area (Å²) in [6.45, 7) is 1.42. The van der Waals surface area contributed by atoms with Crippen LogP contribution in [0, 0.1) is 0 Å². The van der Waals surface area contributed by atoms with Gasteiger partial charge in [-0.2, -0.15) is 0 Å². The van der Waals surface area contributed by atoms with Gasteiger partial charge in [-0.3, -0.25) is 9.59 Å². The van der Waals surface area contributed by atoms with Crippen LogP contribution < -0.4 is 10.1 Å². The number of rotatable bonds is 5. The minimum atomic E-state index is -1.07. The number of methoxy groups -OCH3 is 1. The van der Waals surface area contributed by atoms with Gasteiger partial charge in [0.2, 0.25) is 5.91 Å². The van der Waals surface area contributed by atoms with Crippen molar-refractivity contribution in [2.45, 2.75) is 19.4 Å². The highest BCUT2D eigenvalue weighted by molar-refractivity contribution is 9.10. The summed E-state index contributed by atoms with van der Waals surface area (Å²) in [5.74, 6) is -0.831. The molecule has 6 heteroatoms. The number of amides is 1. The number of benzene rings is 1. The number of halogens is 1. The van der Waals surface area contributed by atoms with E-state index in [1.54, 1.807) is 18.2 Å². The molecule has 0 spiro atoms. The lowest BCUT2D eigenvalue weighted by atomic mass is 10.1. The Kier molecular flexibility index (Phi) is 5.15. The van der Waals surface area contributed by atoms with Crippen LogP contribution in [0.25, 0.3) is 0 Å². The first-order valence-corrected chi connectivity index (χ1v) is 6.08. The minimum absolute atomic E-state index is 0.0697. The first kappa shape index (κ1) is 14.5. The molecule has 98 valence electrons. The van der Waals surface area contributed by atoms with Crippen molar-refractivity contribution >= 4 is 27.8 Å². The average Bonchev–Trinajstić information content (AvgIpc) is 2.28. The standard InChI is InChI=1S/C12H14BrNO4/c1-7(12(16)17)14-11(15)6-8-5-9(13)3-4-10(8)18-2/h3-5,7H,6H2,1-2H3,(H,14,15)(H,16,17)/t7-/m1/s1.